The molecule has 1 aromatic rings. The SMILES string of the molecule is CC1=CC2(C)C(=C=C3C(=O)CCC3=C2c2ccccc2)C(C)=C1. The van der Waals surface area contributed by atoms with Gasteiger partial charge in [-0.05, 0) is 49.5 Å². The molecule has 1 atom stereocenters. The topological polar surface area (TPSA) is 17.1 Å². The lowest BCUT2D eigenvalue weighted by Gasteiger charge is -2.38. The molecule has 1 fully saturated rings. The van der Waals surface area contributed by atoms with E-state index < -0.39 is 0 Å². The van der Waals surface area contributed by atoms with Gasteiger partial charge in [-0.25, -0.2) is 0 Å². The van der Waals surface area contributed by atoms with Gasteiger partial charge < -0.3 is 0 Å². The molecule has 0 amide bonds. The molecule has 3 aliphatic carbocycles. The molecule has 114 valence electrons. The van der Waals surface area contributed by atoms with Gasteiger partial charge >= 0.3 is 0 Å². The molecular formula is C22H20O. The van der Waals surface area contributed by atoms with E-state index in [1.165, 1.54) is 27.9 Å². The van der Waals surface area contributed by atoms with Crippen molar-refractivity contribution in [2.45, 2.75) is 33.6 Å². The Labute approximate surface area is 137 Å². The summed E-state index contributed by atoms with van der Waals surface area (Å²) in [6, 6.07) is 10.5. The Hall–Kier alpha value is -2.37. The Morgan fingerprint density at radius 3 is 2.57 bits per heavy atom. The smallest absolute Gasteiger partial charge is 0.171 e. The second-order valence-corrected chi connectivity index (χ2v) is 6.94. The third-order valence-electron chi connectivity index (χ3n) is 5.19. The first kappa shape index (κ1) is 14.2. The predicted molar refractivity (Wildman–Crippen MR) is 93.8 cm³/mol. The number of carbonyl (C=O) groups is 1. The molecule has 1 unspecified atom stereocenters. The zero-order valence-corrected chi connectivity index (χ0v) is 13.9. The number of fused-ring (bicyclic) bond motifs is 2. The van der Waals surface area contributed by atoms with Crippen LogP contribution in [0, 0.1) is 5.41 Å². The van der Waals surface area contributed by atoms with E-state index in [1.807, 2.05) is 6.07 Å². The number of ketones is 1. The van der Waals surface area contributed by atoms with E-state index >= 15 is 0 Å². The van der Waals surface area contributed by atoms with E-state index in [0.717, 1.165) is 17.6 Å². The summed E-state index contributed by atoms with van der Waals surface area (Å²) in [6.07, 6.45) is 5.97. The summed E-state index contributed by atoms with van der Waals surface area (Å²) >= 11 is 0. The molecule has 0 spiro atoms. The van der Waals surface area contributed by atoms with Crippen LogP contribution >= 0.6 is 0 Å². The fraction of sp³-hybridized carbons (Fsp3) is 0.273. The molecule has 0 aromatic heterocycles. The van der Waals surface area contributed by atoms with E-state index in [0.29, 0.717) is 6.42 Å². The van der Waals surface area contributed by atoms with Gasteiger partial charge in [0.2, 0.25) is 0 Å². The standard InChI is InChI=1S/C22H20O/c1-14-11-15(2)19-12-18-17(9-10-20(18)23)21(22(19,3)13-14)16-7-5-4-6-8-16/h4-8,11,13H,9-10H2,1-3H3. The lowest BCUT2D eigenvalue weighted by atomic mass is 9.64. The molecule has 0 N–H and O–H groups in total. The van der Waals surface area contributed by atoms with Crippen LogP contribution < -0.4 is 0 Å². The number of hydrogen-bond acceptors (Lipinski definition) is 1. The maximum atomic E-state index is 12.4. The van der Waals surface area contributed by atoms with Crippen molar-refractivity contribution in [2.75, 3.05) is 0 Å². The van der Waals surface area contributed by atoms with Crippen LogP contribution in [0.15, 0.2) is 76.1 Å². The largest absolute Gasteiger partial charge is 0.293 e. The normalized spacial score (nSPS) is 26.1. The Morgan fingerprint density at radius 2 is 1.83 bits per heavy atom. The fourth-order valence-corrected chi connectivity index (χ4v) is 4.39. The Balaban J connectivity index is 2.09. The molecule has 1 saturated carbocycles. The number of benzene rings is 1. The molecule has 1 aromatic carbocycles. The zero-order chi connectivity index (χ0) is 16.2. The number of rotatable bonds is 1. The highest BCUT2D eigenvalue weighted by atomic mass is 16.1. The highest BCUT2D eigenvalue weighted by Crippen LogP contribution is 2.54. The number of Topliss-reactive ketones (excluding diaryl/α,β-unsaturated/α-hetero) is 1. The molecule has 1 nitrogen and oxygen atoms in total. The summed E-state index contributed by atoms with van der Waals surface area (Å²) in [5, 5.41) is 0. The Bertz CT molecular complexity index is 883. The maximum Gasteiger partial charge on any atom is 0.171 e. The van der Waals surface area contributed by atoms with Gasteiger partial charge in [0.15, 0.2) is 5.78 Å². The van der Waals surface area contributed by atoms with Gasteiger partial charge in [0.25, 0.3) is 0 Å². The molecule has 3 aliphatic rings. The summed E-state index contributed by atoms with van der Waals surface area (Å²) in [7, 11) is 0. The molecule has 0 heterocycles. The van der Waals surface area contributed by atoms with Gasteiger partial charge in [0.05, 0.1) is 5.57 Å². The second-order valence-electron chi connectivity index (χ2n) is 6.94. The predicted octanol–water partition coefficient (Wildman–Crippen LogP) is 5.18. The first-order chi connectivity index (χ1) is 11.0. The molecule has 23 heavy (non-hydrogen) atoms. The Kier molecular flexibility index (Phi) is 2.98. The van der Waals surface area contributed by atoms with Crippen molar-refractivity contribution in [3.05, 3.63) is 81.6 Å². The lowest BCUT2D eigenvalue weighted by molar-refractivity contribution is -0.114. The zero-order valence-electron chi connectivity index (χ0n) is 13.9. The van der Waals surface area contributed by atoms with Crippen LogP contribution in [0.3, 0.4) is 0 Å². The van der Waals surface area contributed by atoms with Crippen LogP contribution in [-0.2, 0) is 4.79 Å². The maximum absolute atomic E-state index is 12.4. The summed E-state index contributed by atoms with van der Waals surface area (Å²) in [4.78, 5) is 12.4. The molecular weight excluding hydrogens is 280 g/mol. The van der Waals surface area contributed by atoms with Gasteiger partial charge in [-0.1, -0.05) is 48.1 Å². The molecule has 0 radical (unpaired) electrons. The van der Waals surface area contributed by atoms with Crippen molar-refractivity contribution >= 4 is 11.4 Å². The molecule has 0 aliphatic heterocycles. The summed E-state index contributed by atoms with van der Waals surface area (Å²) in [5.74, 6) is 0.238. The molecule has 1 heteroatoms. The van der Waals surface area contributed by atoms with Crippen molar-refractivity contribution in [1.29, 1.82) is 0 Å². The minimum absolute atomic E-state index is 0.201. The van der Waals surface area contributed by atoms with Crippen LogP contribution in [0.25, 0.3) is 5.57 Å². The average Bonchev–Trinajstić information content (AvgIpc) is 2.86. The van der Waals surface area contributed by atoms with Gasteiger partial charge in [-0.2, -0.15) is 0 Å². The van der Waals surface area contributed by atoms with Crippen molar-refractivity contribution in [1.82, 2.24) is 0 Å². The van der Waals surface area contributed by atoms with E-state index in [1.54, 1.807) is 0 Å². The van der Waals surface area contributed by atoms with Crippen molar-refractivity contribution < 1.29 is 4.79 Å². The first-order valence-electron chi connectivity index (χ1n) is 8.23. The van der Waals surface area contributed by atoms with E-state index in [4.69, 9.17) is 0 Å². The monoisotopic (exact) mass is 300 g/mol. The highest BCUT2D eigenvalue weighted by molar-refractivity contribution is 6.07. The van der Waals surface area contributed by atoms with Crippen molar-refractivity contribution in [3.8, 4) is 0 Å². The van der Waals surface area contributed by atoms with Crippen LogP contribution in [0.5, 0.6) is 0 Å². The fourth-order valence-electron chi connectivity index (χ4n) is 4.39. The average molecular weight is 300 g/mol. The molecule has 4 rings (SSSR count). The third kappa shape index (κ3) is 1.97. The minimum Gasteiger partial charge on any atom is -0.293 e. The highest BCUT2D eigenvalue weighted by Gasteiger charge is 2.42. The second kappa shape index (κ2) is 4.81. The Morgan fingerprint density at radius 1 is 1.09 bits per heavy atom. The summed E-state index contributed by atoms with van der Waals surface area (Å²) in [6.45, 7) is 6.55. The number of hydrogen-bond donors (Lipinski definition) is 0. The van der Waals surface area contributed by atoms with E-state index in [-0.39, 0.29) is 11.2 Å². The van der Waals surface area contributed by atoms with Crippen LogP contribution in [0.1, 0.15) is 39.2 Å². The summed E-state index contributed by atoms with van der Waals surface area (Å²) < 4.78 is 0. The van der Waals surface area contributed by atoms with E-state index in [2.05, 4.69) is 62.9 Å². The van der Waals surface area contributed by atoms with Crippen LogP contribution in [-0.4, -0.2) is 5.78 Å². The number of allylic oxidation sites excluding steroid dienone is 7. The molecule has 0 saturated heterocycles. The quantitative estimate of drug-likeness (QED) is 0.653. The van der Waals surface area contributed by atoms with Gasteiger partial charge in [0, 0.05) is 17.4 Å². The lowest BCUT2D eigenvalue weighted by Crippen LogP contribution is -2.26. The van der Waals surface area contributed by atoms with Gasteiger partial charge in [-0.15, -0.1) is 5.73 Å². The van der Waals surface area contributed by atoms with Crippen molar-refractivity contribution in [2.24, 2.45) is 5.41 Å². The van der Waals surface area contributed by atoms with Crippen LogP contribution in [0.4, 0.5) is 0 Å². The van der Waals surface area contributed by atoms with Gasteiger partial charge in [-0.3, -0.25) is 4.79 Å². The van der Waals surface area contributed by atoms with Gasteiger partial charge in [0.1, 0.15) is 0 Å². The van der Waals surface area contributed by atoms with Crippen molar-refractivity contribution in [3.63, 3.8) is 0 Å². The minimum atomic E-state index is -0.201. The number of carbonyl (C=O) groups excluding carboxylic acids is 1. The van der Waals surface area contributed by atoms with E-state index in [9.17, 15) is 4.79 Å². The first-order valence-corrected chi connectivity index (χ1v) is 8.23. The molecule has 0 bridgehead atoms. The van der Waals surface area contributed by atoms with Crippen LogP contribution in [0.2, 0.25) is 0 Å². The third-order valence-corrected chi connectivity index (χ3v) is 5.19. The summed E-state index contributed by atoms with van der Waals surface area (Å²) in [5.41, 5.74) is 11.5.